The van der Waals surface area contributed by atoms with Crippen molar-refractivity contribution in [2.75, 3.05) is 39.6 Å². The largest absolute Gasteiger partial charge is 0.472 e. The van der Waals surface area contributed by atoms with Crippen LogP contribution in [-0.4, -0.2) is 96.7 Å². The molecule has 19 heteroatoms. The quantitative estimate of drug-likeness (QED) is 0.0169. The molecule has 0 amide bonds. The Morgan fingerprint density at radius 3 is 0.846 bits per heavy atom. The molecule has 0 aromatic heterocycles. The summed E-state index contributed by atoms with van der Waals surface area (Å²) < 4.78 is 68.6. The molecule has 3 N–H and O–H groups in total. The summed E-state index contributed by atoms with van der Waals surface area (Å²) in [5, 5.41) is 10.7. The number of aliphatic hydroxyl groups excluding tert-OH is 1. The van der Waals surface area contributed by atoms with Crippen LogP contribution in [0.3, 0.4) is 0 Å². The molecule has 0 saturated carbocycles. The van der Waals surface area contributed by atoms with E-state index in [0.717, 1.165) is 122 Å². The Kier molecular flexibility index (Phi) is 74.2. The van der Waals surface area contributed by atoms with Crippen molar-refractivity contribution in [1.82, 2.24) is 0 Å². The van der Waals surface area contributed by atoms with E-state index in [-0.39, 0.29) is 25.7 Å². The topological polar surface area (TPSA) is 237 Å². The number of hydrogen-bond donors (Lipinski definition) is 3. The van der Waals surface area contributed by atoms with Crippen molar-refractivity contribution >= 4 is 39.5 Å². The first-order valence-corrected chi connectivity index (χ1v) is 44.5. The first-order valence-electron chi connectivity index (χ1n) is 41.5. The zero-order chi connectivity index (χ0) is 76.0. The van der Waals surface area contributed by atoms with Gasteiger partial charge in [0, 0.05) is 25.7 Å². The van der Waals surface area contributed by atoms with E-state index in [1.54, 1.807) is 0 Å². The first-order chi connectivity index (χ1) is 50.7. The van der Waals surface area contributed by atoms with Gasteiger partial charge in [-0.25, -0.2) is 9.13 Å². The maximum Gasteiger partial charge on any atom is 0.472 e. The predicted octanol–water partition coefficient (Wildman–Crippen LogP) is 24.3. The second-order valence-corrected chi connectivity index (χ2v) is 30.6. The fourth-order valence-corrected chi connectivity index (χ4v) is 12.9. The van der Waals surface area contributed by atoms with Gasteiger partial charge in [-0.15, -0.1) is 0 Å². The maximum atomic E-state index is 13.1. The van der Waals surface area contributed by atoms with Crippen molar-refractivity contribution in [2.24, 2.45) is 0 Å². The van der Waals surface area contributed by atoms with Crippen LogP contribution in [-0.2, 0) is 65.4 Å². The third kappa shape index (κ3) is 76.2. The summed E-state index contributed by atoms with van der Waals surface area (Å²) in [6, 6.07) is 0. The van der Waals surface area contributed by atoms with E-state index in [0.29, 0.717) is 32.1 Å². The molecule has 0 heterocycles. The number of allylic oxidation sites excluding steroid dienone is 16. The molecule has 2 unspecified atom stereocenters. The van der Waals surface area contributed by atoms with Gasteiger partial charge in [-0.05, 0) is 96.3 Å². The molecule has 0 aliphatic rings. The zero-order valence-electron chi connectivity index (χ0n) is 65.9. The minimum atomic E-state index is -5.00. The van der Waals surface area contributed by atoms with E-state index < -0.39 is 97.5 Å². The predicted molar refractivity (Wildman–Crippen MR) is 427 cm³/mol. The highest BCUT2D eigenvalue weighted by Crippen LogP contribution is 2.45. The molecule has 0 aliphatic carbocycles. The number of ether oxygens (including phenoxy) is 4. The Labute approximate surface area is 633 Å². The first kappa shape index (κ1) is 100.0. The highest BCUT2D eigenvalue weighted by atomic mass is 31.2. The molecule has 0 saturated heterocycles. The number of unbranched alkanes of at least 4 members (excludes halogenated alkanes) is 36. The Hall–Kier alpha value is -4.02. The molecule has 0 aliphatic heterocycles. The Morgan fingerprint density at radius 2 is 0.519 bits per heavy atom. The minimum Gasteiger partial charge on any atom is -0.462 e. The second-order valence-electron chi connectivity index (χ2n) is 27.7. The molecular weight excluding hydrogens is 1350 g/mol. The zero-order valence-corrected chi connectivity index (χ0v) is 67.7. The van der Waals surface area contributed by atoms with Crippen molar-refractivity contribution in [1.29, 1.82) is 0 Å². The summed E-state index contributed by atoms with van der Waals surface area (Å²) in [6.45, 7) is 4.70. The van der Waals surface area contributed by atoms with Crippen molar-refractivity contribution in [3.05, 3.63) is 97.2 Å². The van der Waals surface area contributed by atoms with Gasteiger partial charge in [0.15, 0.2) is 12.2 Å². The van der Waals surface area contributed by atoms with E-state index >= 15 is 0 Å². The number of aliphatic hydroxyl groups is 1. The van der Waals surface area contributed by atoms with Crippen molar-refractivity contribution in [2.45, 2.75) is 380 Å². The fourth-order valence-electron chi connectivity index (χ4n) is 11.3. The SMILES string of the molecule is CC/C=C\C/C=C\C/C=C\C/C=C\C/C=C\C/C=C\CCC(=O)O[C@H](COC(=O)CCCCCCCCCCCCCCCCC)COP(=O)(O)OC[C@H](O)COP(=O)(O)OC[C@@H](COC(=O)CCCCCCC/C=C\C/C=C\CCCCC)OC(=O)CCCCCCCCCCCCCCCCC. The maximum absolute atomic E-state index is 13.1. The molecule has 17 nitrogen and oxygen atoms in total. The van der Waals surface area contributed by atoms with Crippen LogP contribution in [0.5, 0.6) is 0 Å². The van der Waals surface area contributed by atoms with Gasteiger partial charge in [0.2, 0.25) is 0 Å². The van der Waals surface area contributed by atoms with E-state index in [1.165, 1.54) is 154 Å². The third-order valence-electron chi connectivity index (χ3n) is 17.6. The molecular formula is C85H150O17P2. The van der Waals surface area contributed by atoms with Crippen molar-refractivity contribution in [3.63, 3.8) is 0 Å². The number of phosphoric ester groups is 2. The van der Waals surface area contributed by atoms with Gasteiger partial charge >= 0.3 is 39.5 Å². The Morgan fingerprint density at radius 1 is 0.279 bits per heavy atom. The van der Waals surface area contributed by atoms with Crippen LogP contribution in [0, 0.1) is 0 Å². The summed E-state index contributed by atoms with van der Waals surface area (Å²) in [5.41, 5.74) is 0. The van der Waals surface area contributed by atoms with E-state index in [1.807, 2.05) is 18.2 Å². The highest BCUT2D eigenvalue weighted by molar-refractivity contribution is 7.47. The number of rotatable bonds is 78. The average molecular weight is 1510 g/mol. The summed E-state index contributed by atoms with van der Waals surface area (Å²) in [7, 11) is -9.98. The van der Waals surface area contributed by atoms with E-state index in [4.69, 9.17) is 37.0 Å². The molecule has 0 bridgehead atoms. The monoisotopic (exact) mass is 1510 g/mol. The molecule has 602 valence electrons. The van der Waals surface area contributed by atoms with Crippen LogP contribution in [0.4, 0.5) is 0 Å². The molecule has 5 atom stereocenters. The third-order valence-corrected chi connectivity index (χ3v) is 19.5. The van der Waals surface area contributed by atoms with Gasteiger partial charge in [0.25, 0.3) is 0 Å². The lowest BCUT2D eigenvalue weighted by molar-refractivity contribution is -0.161. The smallest absolute Gasteiger partial charge is 0.462 e. The molecule has 0 aromatic carbocycles. The van der Waals surface area contributed by atoms with Gasteiger partial charge < -0.3 is 33.8 Å². The van der Waals surface area contributed by atoms with E-state index in [2.05, 4.69) is 107 Å². The molecule has 104 heavy (non-hydrogen) atoms. The summed E-state index contributed by atoms with van der Waals surface area (Å²) in [6.07, 6.45) is 82.5. The van der Waals surface area contributed by atoms with Crippen molar-refractivity contribution in [3.8, 4) is 0 Å². The average Bonchev–Trinajstić information content (AvgIpc) is 0.943. The Bertz CT molecular complexity index is 2350. The van der Waals surface area contributed by atoms with Crippen LogP contribution in [0.25, 0.3) is 0 Å². The lowest BCUT2D eigenvalue weighted by Crippen LogP contribution is -2.30. The van der Waals surface area contributed by atoms with Crippen LogP contribution in [0.15, 0.2) is 97.2 Å². The summed E-state index contributed by atoms with van der Waals surface area (Å²) >= 11 is 0. The molecule has 0 radical (unpaired) electrons. The normalized spacial score (nSPS) is 14.3. The lowest BCUT2D eigenvalue weighted by atomic mass is 10.0. The summed E-state index contributed by atoms with van der Waals surface area (Å²) in [5.74, 6) is -2.26. The lowest BCUT2D eigenvalue weighted by Gasteiger charge is -2.21. The minimum absolute atomic E-state index is 0.0281. The molecule has 0 fully saturated rings. The molecule has 0 spiro atoms. The van der Waals surface area contributed by atoms with Gasteiger partial charge in [-0.1, -0.05) is 337 Å². The molecule has 0 rings (SSSR count). The van der Waals surface area contributed by atoms with Crippen LogP contribution < -0.4 is 0 Å². The van der Waals surface area contributed by atoms with E-state index in [9.17, 15) is 43.2 Å². The number of phosphoric acid groups is 2. The number of carbonyl (C=O) groups excluding carboxylic acids is 4. The number of esters is 4. The van der Waals surface area contributed by atoms with Crippen LogP contribution in [0.1, 0.15) is 362 Å². The fraction of sp³-hybridized carbons (Fsp3) is 0.765. The highest BCUT2D eigenvalue weighted by Gasteiger charge is 2.30. The summed E-state index contributed by atoms with van der Waals surface area (Å²) in [4.78, 5) is 73.1. The molecule has 0 aromatic rings. The van der Waals surface area contributed by atoms with Crippen LogP contribution in [0.2, 0.25) is 0 Å². The van der Waals surface area contributed by atoms with Gasteiger partial charge in [0.05, 0.1) is 26.4 Å². The second kappa shape index (κ2) is 77.1. The van der Waals surface area contributed by atoms with Gasteiger partial charge in [0.1, 0.15) is 19.3 Å². The van der Waals surface area contributed by atoms with Crippen LogP contribution >= 0.6 is 15.6 Å². The van der Waals surface area contributed by atoms with Crippen molar-refractivity contribution < 1.29 is 80.2 Å². The Balaban J connectivity index is 5.42. The number of hydrogen-bond acceptors (Lipinski definition) is 15. The standard InChI is InChI=1S/C85H150O17P2/c1-5-9-13-17-21-25-29-33-37-38-39-40-44-48-52-56-60-64-68-72-85(90)102-81(76-96-83(88)70-66-62-58-54-50-46-42-35-31-27-23-19-15-11-7-3)78-100-104(93,94)98-74-79(86)73-97-103(91,92)99-77-80(101-84(89)71-67-63-59-55-51-47-43-36-32-28-24-20-16-12-8-4)75-95-82(87)69-65-61-57-53-49-45-41-34-30-26-22-18-14-10-6-2/h9,13,21-22,25-26,33-34,37,39-41,48,52,60,64,79-81,86H,5-8,10-12,14-20,23-24,27-32,35-36,38,42-47,49-51,53-59,61-63,65-78H2,1-4H3,(H,91,92)(H,93,94)/b13-9-,25-21-,26-22-,37-33-,40-39-,41-34-,52-48-,64-60-/t79-,80-,81-/m1/s1. The number of carbonyl (C=O) groups is 4. The van der Waals surface area contributed by atoms with Gasteiger partial charge in [-0.3, -0.25) is 37.3 Å². The van der Waals surface area contributed by atoms with Gasteiger partial charge in [-0.2, -0.15) is 0 Å².